The number of carbonyl (C=O) groups is 1. The van der Waals surface area contributed by atoms with Crippen LogP contribution in [0.15, 0.2) is 52.0 Å². The molecule has 0 spiro atoms. The average Bonchev–Trinajstić information content (AvgIpc) is 3.12. The van der Waals surface area contributed by atoms with Gasteiger partial charge in [0.1, 0.15) is 0 Å². The van der Waals surface area contributed by atoms with Crippen LogP contribution >= 0.6 is 15.9 Å². The average molecular weight is 500 g/mol. The number of methoxy groups -OCH3 is 1. The van der Waals surface area contributed by atoms with Crippen LogP contribution in [0.25, 0.3) is 0 Å². The maximum atomic E-state index is 13.2. The summed E-state index contributed by atoms with van der Waals surface area (Å²) in [6, 6.07) is 10.3. The van der Waals surface area contributed by atoms with E-state index in [4.69, 9.17) is 4.74 Å². The van der Waals surface area contributed by atoms with E-state index in [1.807, 2.05) is 36.9 Å². The maximum absolute atomic E-state index is 13.2. The van der Waals surface area contributed by atoms with E-state index < -0.39 is 10.0 Å². The Morgan fingerprint density at radius 3 is 2.43 bits per heavy atom. The quantitative estimate of drug-likeness (QED) is 0.449. The molecule has 0 bridgehead atoms. The second-order valence-electron chi connectivity index (χ2n) is 7.06. The summed E-state index contributed by atoms with van der Waals surface area (Å²) < 4.78 is 35.6. The van der Waals surface area contributed by atoms with E-state index >= 15 is 0 Å². The van der Waals surface area contributed by atoms with Crippen molar-refractivity contribution in [3.63, 3.8) is 0 Å². The van der Waals surface area contributed by atoms with Gasteiger partial charge in [-0.2, -0.15) is 4.31 Å². The van der Waals surface area contributed by atoms with Gasteiger partial charge in [-0.25, -0.2) is 8.42 Å². The molecule has 0 atom stereocenters. The lowest BCUT2D eigenvalue weighted by Gasteiger charge is -2.27. The molecule has 1 amide bonds. The van der Waals surface area contributed by atoms with Crippen molar-refractivity contribution in [2.24, 2.45) is 7.05 Å². The maximum Gasteiger partial charge on any atom is 0.243 e. The third-order valence-corrected chi connectivity index (χ3v) is 7.23. The molecule has 2 aromatic rings. The first kappa shape index (κ1) is 24.6. The van der Waals surface area contributed by atoms with Crippen LogP contribution in [-0.2, 0) is 33.1 Å². The smallest absolute Gasteiger partial charge is 0.243 e. The molecule has 7 nitrogen and oxygen atoms in total. The van der Waals surface area contributed by atoms with E-state index in [-0.39, 0.29) is 17.3 Å². The van der Waals surface area contributed by atoms with Crippen molar-refractivity contribution in [2.75, 3.05) is 33.4 Å². The summed E-state index contributed by atoms with van der Waals surface area (Å²) in [6.07, 6.45) is 3.43. The Morgan fingerprint density at radius 2 is 1.87 bits per heavy atom. The predicted octanol–water partition coefficient (Wildman–Crippen LogP) is 3.25. The number of unbranched alkanes of at least 4 members (excludes halogenated alkanes) is 1. The van der Waals surface area contributed by atoms with E-state index in [9.17, 15) is 13.2 Å². The number of sulfonamides is 1. The molecule has 30 heavy (non-hydrogen) atoms. The van der Waals surface area contributed by atoms with Crippen molar-refractivity contribution >= 4 is 31.9 Å². The molecule has 1 heterocycles. The van der Waals surface area contributed by atoms with Crippen molar-refractivity contribution in [3.8, 4) is 0 Å². The highest BCUT2D eigenvalue weighted by atomic mass is 79.9. The first-order valence-corrected chi connectivity index (χ1v) is 12.2. The predicted molar refractivity (Wildman–Crippen MR) is 121 cm³/mol. The lowest BCUT2D eigenvalue weighted by molar-refractivity contribution is -0.132. The number of ether oxygens (including phenoxy) is 1. The summed E-state index contributed by atoms with van der Waals surface area (Å²) in [5.74, 6) is -0.245. The van der Waals surface area contributed by atoms with E-state index in [0.717, 1.165) is 16.6 Å². The van der Waals surface area contributed by atoms with Crippen LogP contribution in [0.1, 0.15) is 25.5 Å². The van der Waals surface area contributed by atoms with Crippen molar-refractivity contribution < 1.29 is 17.9 Å². The van der Waals surface area contributed by atoms with E-state index in [2.05, 4.69) is 15.9 Å². The molecule has 1 aromatic heterocycles. The monoisotopic (exact) mass is 499 g/mol. The number of nitrogens with zero attached hydrogens (tertiary/aromatic N) is 3. The van der Waals surface area contributed by atoms with E-state index in [1.165, 1.54) is 4.31 Å². The highest BCUT2D eigenvalue weighted by Gasteiger charge is 2.28. The number of carbonyl (C=O) groups excluding carboxylic acids is 1. The lowest BCUT2D eigenvalue weighted by Crippen LogP contribution is -2.44. The molecule has 0 aliphatic heterocycles. The molecule has 1 aromatic carbocycles. The van der Waals surface area contributed by atoms with Crippen molar-refractivity contribution in [1.82, 2.24) is 13.8 Å². The molecule has 0 radical (unpaired) electrons. The summed E-state index contributed by atoms with van der Waals surface area (Å²) in [5, 5.41) is 0. The van der Waals surface area contributed by atoms with Crippen LogP contribution in [0.5, 0.6) is 0 Å². The van der Waals surface area contributed by atoms with Crippen LogP contribution in [0.2, 0.25) is 0 Å². The Balaban J connectivity index is 2.24. The molecule has 0 aliphatic rings. The third kappa shape index (κ3) is 6.66. The molecule has 166 valence electrons. The van der Waals surface area contributed by atoms with Crippen LogP contribution in [0.3, 0.4) is 0 Å². The van der Waals surface area contributed by atoms with Crippen LogP contribution < -0.4 is 0 Å². The molecule has 0 fully saturated rings. The van der Waals surface area contributed by atoms with E-state index in [1.54, 1.807) is 36.3 Å². The van der Waals surface area contributed by atoms with Gasteiger partial charge >= 0.3 is 0 Å². The lowest BCUT2D eigenvalue weighted by atomic mass is 10.3. The van der Waals surface area contributed by atoms with Gasteiger partial charge in [0.05, 0.1) is 24.6 Å². The number of halogens is 1. The van der Waals surface area contributed by atoms with Crippen LogP contribution in [0.4, 0.5) is 0 Å². The number of hydrogen-bond acceptors (Lipinski definition) is 4. The zero-order chi connectivity index (χ0) is 22.1. The summed E-state index contributed by atoms with van der Waals surface area (Å²) in [4.78, 5) is 15.0. The van der Waals surface area contributed by atoms with Gasteiger partial charge in [-0.3, -0.25) is 4.79 Å². The number of rotatable bonds is 12. The van der Waals surface area contributed by atoms with Gasteiger partial charge in [0.15, 0.2) is 0 Å². The number of aromatic nitrogens is 1. The minimum absolute atomic E-state index is 0.181. The van der Waals surface area contributed by atoms with Gasteiger partial charge < -0.3 is 14.2 Å². The third-order valence-electron chi connectivity index (χ3n) is 4.85. The highest BCUT2D eigenvalue weighted by Crippen LogP contribution is 2.20. The fraction of sp³-hybridized carbons (Fsp3) is 0.476. The zero-order valence-electron chi connectivity index (χ0n) is 17.8. The fourth-order valence-corrected chi connectivity index (χ4v) is 4.67. The number of amides is 1. The first-order valence-electron chi connectivity index (χ1n) is 9.92. The van der Waals surface area contributed by atoms with Crippen molar-refractivity contribution in [1.29, 1.82) is 0 Å². The van der Waals surface area contributed by atoms with Gasteiger partial charge in [0, 0.05) is 43.6 Å². The molecule has 0 saturated heterocycles. The summed E-state index contributed by atoms with van der Waals surface area (Å²) in [6.45, 7) is 3.25. The minimum atomic E-state index is -3.78. The Bertz CT molecular complexity index is 913. The molecule has 0 aliphatic carbocycles. The normalized spacial score (nSPS) is 11.8. The molecule has 0 saturated carbocycles. The second-order valence-corrected chi connectivity index (χ2v) is 9.92. The van der Waals surface area contributed by atoms with Crippen LogP contribution in [-0.4, -0.2) is 61.4 Å². The van der Waals surface area contributed by atoms with Gasteiger partial charge in [-0.1, -0.05) is 29.3 Å². The van der Waals surface area contributed by atoms with Crippen molar-refractivity contribution in [2.45, 2.75) is 31.2 Å². The molecular weight excluding hydrogens is 470 g/mol. The summed E-state index contributed by atoms with van der Waals surface area (Å²) in [7, 11) is -0.284. The fourth-order valence-electron chi connectivity index (χ4n) is 2.97. The molecular formula is C21H30BrN3O4S. The van der Waals surface area contributed by atoms with Crippen LogP contribution in [0, 0.1) is 0 Å². The number of hydrogen-bond donors (Lipinski definition) is 0. The van der Waals surface area contributed by atoms with Crippen molar-refractivity contribution in [3.05, 3.63) is 52.8 Å². The Morgan fingerprint density at radius 1 is 1.17 bits per heavy atom. The standard InChI is InChI=1S/C21H30BrN3O4S/c1-4-5-13-25(30(27,28)20-10-8-18(22)9-11-20)17-21(26)24(14-15-29-3)16-19-7-6-12-23(19)2/h6-12H,4-5,13-17H2,1-3H3. The highest BCUT2D eigenvalue weighted by molar-refractivity contribution is 9.10. The molecule has 2 rings (SSSR count). The number of aryl methyl sites for hydroxylation is 1. The molecule has 0 N–H and O–H groups in total. The minimum Gasteiger partial charge on any atom is -0.383 e. The Labute approximate surface area is 187 Å². The molecule has 0 unspecified atom stereocenters. The summed E-state index contributed by atoms with van der Waals surface area (Å²) in [5.41, 5.74) is 0.968. The van der Waals surface area contributed by atoms with Gasteiger partial charge in [0.25, 0.3) is 0 Å². The summed E-state index contributed by atoms with van der Waals surface area (Å²) >= 11 is 3.33. The van der Waals surface area contributed by atoms with Gasteiger partial charge in [-0.05, 0) is 42.8 Å². The SMILES string of the molecule is CCCCN(CC(=O)N(CCOC)Cc1cccn1C)S(=O)(=O)c1ccc(Br)cc1. The first-order chi connectivity index (χ1) is 14.3. The van der Waals surface area contributed by atoms with Gasteiger partial charge in [-0.15, -0.1) is 0 Å². The zero-order valence-corrected chi connectivity index (χ0v) is 20.2. The van der Waals surface area contributed by atoms with Gasteiger partial charge in [0.2, 0.25) is 15.9 Å². The van der Waals surface area contributed by atoms with E-state index in [0.29, 0.717) is 32.7 Å². The Hall–Kier alpha value is -1.68. The second kappa shape index (κ2) is 11.6. The molecule has 9 heteroatoms. The topological polar surface area (TPSA) is 71.8 Å². The number of benzene rings is 1. The largest absolute Gasteiger partial charge is 0.383 e. The Kier molecular flexibility index (Phi) is 9.54.